The summed E-state index contributed by atoms with van der Waals surface area (Å²) < 4.78 is 20.6. The SMILES string of the molecule is NCc1ccc(-c2noc(Cn3cnc4sccc4c3=O)n2)c(F)c1. The van der Waals surface area contributed by atoms with Gasteiger partial charge in [0.2, 0.25) is 11.7 Å². The Balaban J connectivity index is 1.65. The maximum Gasteiger partial charge on any atom is 0.262 e. The van der Waals surface area contributed by atoms with E-state index in [4.69, 9.17) is 10.3 Å². The number of aromatic nitrogens is 4. The second-order valence-electron chi connectivity index (χ2n) is 5.35. The van der Waals surface area contributed by atoms with E-state index in [2.05, 4.69) is 15.1 Å². The van der Waals surface area contributed by atoms with Crippen LogP contribution >= 0.6 is 11.3 Å². The predicted octanol–water partition coefficient (Wildman–Crippen LogP) is 2.15. The zero-order chi connectivity index (χ0) is 17.4. The highest BCUT2D eigenvalue weighted by molar-refractivity contribution is 7.16. The summed E-state index contributed by atoms with van der Waals surface area (Å²) in [6.45, 7) is 0.308. The fourth-order valence-corrected chi connectivity index (χ4v) is 3.17. The maximum absolute atomic E-state index is 14.1. The Morgan fingerprint density at radius 3 is 3.00 bits per heavy atom. The van der Waals surface area contributed by atoms with Gasteiger partial charge in [0.05, 0.1) is 17.3 Å². The minimum absolute atomic E-state index is 0.0626. The third-order valence-electron chi connectivity index (χ3n) is 3.73. The number of rotatable bonds is 4. The molecule has 25 heavy (non-hydrogen) atoms. The first-order valence-electron chi connectivity index (χ1n) is 7.40. The molecule has 0 saturated carbocycles. The fraction of sp³-hybridized carbons (Fsp3) is 0.125. The topological polar surface area (TPSA) is 99.8 Å². The van der Waals surface area contributed by atoms with E-state index in [0.717, 1.165) is 0 Å². The molecule has 0 saturated heterocycles. The van der Waals surface area contributed by atoms with Crippen molar-refractivity contribution < 1.29 is 8.91 Å². The highest BCUT2D eigenvalue weighted by atomic mass is 32.1. The van der Waals surface area contributed by atoms with Gasteiger partial charge in [0.25, 0.3) is 5.56 Å². The molecule has 0 fully saturated rings. The van der Waals surface area contributed by atoms with Crippen LogP contribution in [0.15, 0.2) is 45.3 Å². The van der Waals surface area contributed by atoms with Crippen LogP contribution in [-0.4, -0.2) is 19.7 Å². The quantitative estimate of drug-likeness (QED) is 0.601. The Kier molecular flexibility index (Phi) is 3.86. The second-order valence-corrected chi connectivity index (χ2v) is 6.24. The van der Waals surface area contributed by atoms with Gasteiger partial charge in [-0.05, 0) is 29.1 Å². The van der Waals surface area contributed by atoms with Gasteiger partial charge in [-0.1, -0.05) is 11.2 Å². The van der Waals surface area contributed by atoms with Crippen molar-refractivity contribution in [2.24, 2.45) is 5.73 Å². The highest BCUT2D eigenvalue weighted by Crippen LogP contribution is 2.21. The molecule has 0 radical (unpaired) electrons. The van der Waals surface area contributed by atoms with E-state index in [0.29, 0.717) is 15.8 Å². The number of hydrogen-bond acceptors (Lipinski definition) is 7. The monoisotopic (exact) mass is 357 g/mol. The highest BCUT2D eigenvalue weighted by Gasteiger charge is 2.15. The van der Waals surface area contributed by atoms with Crippen LogP contribution in [-0.2, 0) is 13.1 Å². The van der Waals surface area contributed by atoms with E-state index in [1.165, 1.54) is 28.3 Å². The Morgan fingerprint density at radius 2 is 2.20 bits per heavy atom. The molecule has 1 aromatic carbocycles. The van der Waals surface area contributed by atoms with E-state index in [1.54, 1.807) is 18.2 Å². The Morgan fingerprint density at radius 1 is 1.32 bits per heavy atom. The van der Waals surface area contributed by atoms with Crippen molar-refractivity contribution in [2.45, 2.75) is 13.1 Å². The van der Waals surface area contributed by atoms with Crippen LogP contribution in [0.2, 0.25) is 0 Å². The predicted molar refractivity (Wildman–Crippen MR) is 90.6 cm³/mol. The Bertz CT molecular complexity index is 1120. The number of hydrogen-bond donors (Lipinski definition) is 1. The smallest absolute Gasteiger partial charge is 0.262 e. The number of halogens is 1. The van der Waals surface area contributed by atoms with Crippen molar-refractivity contribution >= 4 is 21.6 Å². The molecule has 0 bridgehead atoms. The number of fused-ring (bicyclic) bond motifs is 1. The minimum Gasteiger partial charge on any atom is -0.337 e. The lowest BCUT2D eigenvalue weighted by Gasteiger charge is -2.01. The summed E-state index contributed by atoms with van der Waals surface area (Å²) in [5.41, 5.74) is 6.19. The van der Waals surface area contributed by atoms with E-state index in [9.17, 15) is 9.18 Å². The van der Waals surface area contributed by atoms with Gasteiger partial charge in [-0.15, -0.1) is 11.3 Å². The van der Waals surface area contributed by atoms with E-state index >= 15 is 0 Å². The standard InChI is InChI=1S/C16H12FN5O2S/c17-12-5-9(6-18)1-2-10(12)14-20-13(24-21-14)7-22-8-19-15-11(16(22)23)3-4-25-15/h1-5,8H,6-7,18H2. The zero-order valence-electron chi connectivity index (χ0n) is 12.8. The molecule has 9 heteroatoms. The van der Waals surface area contributed by atoms with E-state index in [-0.39, 0.29) is 35.9 Å². The molecule has 0 spiro atoms. The average molecular weight is 357 g/mol. The van der Waals surface area contributed by atoms with Crippen molar-refractivity contribution in [3.63, 3.8) is 0 Å². The summed E-state index contributed by atoms with van der Waals surface area (Å²) in [7, 11) is 0. The van der Waals surface area contributed by atoms with Crippen molar-refractivity contribution in [1.29, 1.82) is 0 Å². The van der Waals surface area contributed by atoms with Crippen LogP contribution in [0.1, 0.15) is 11.5 Å². The van der Waals surface area contributed by atoms with Crippen molar-refractivity contribution in [3.05, 3.63) is 63.6 Å². The summed E-state index contributed by atoms with van der Waals surface area (Å²) in [4.78, 5) is 21.4. The van der Waals surface area contributed by atoms with Gasteiger partial charge in [-0.2, -0.15) is 4.98 Å². The molecule has 3 heterocycles. The van der Waals surface area contributed by atoms with Crippen LogP contribution in [0.3, 0.4) is 0 Å². The first-order valence-corrected chi connectivity index (χ1v) is 8.28. The summed E-state index contributed by atoms with van der Waals surface area (Å²) in [5, 5.41) is 6.14. The van der Waals surface area contributed by atoms with Gasteiger partial charge < -0.3 is 10.3 Å². The molecule has 4 rings (SSSR count). The van der Waals surface area contributed by atoms with Crippen LogP contribution in [0, 0.1) is 5.82 Å². The molecule has 3 aromatic heterocycles. The van der Waals surface area contributed by atoms with Gasteiger partial charge in [0.15, 0.2) is 0 Å². The van der Waals surface area contributed by atoms with Gasteiger partial charge in [-0.25, -0.2) is 9.37 Å². The van der Waals surface area contributed by atoms with E-state index < -0.39 is 5.82 Å². The molecule has 0 aliphatic heterocycles. The van der Waals surface area contributed by atoms with Crippen molar-refractivity contribution in [2.75, 3.05) is 0 Å². The van der Waals surface area contributed by atoms with Gasteiger partial charge >= 0.3 is 0 Å². The lowest BCUT2D eigenvalue weighted by molar-refractivity contribution is 0.369. The number of nitrogens with two attached hydrogens (primary N) is 1. The van der Waals surface area contributed by atoms with Crippen LogP contribution < -0.4 is 11.3 Å². The zero-order valence-corrected chi connectivity index (χ0v) is 13.7. The normalized spacial score (nSPS) is 11.3. The minimum atomic E-state index is -0.478. The summed E-state index contributed by atoms with van der Waals surface area (Å²) in [5.74, 6) is -0.168. The molecule has 2 N–H and O–H groups in total. The second kappa shape index (κ2) is 6.19. The molecule has 4 aromatic rings. The third kappa shape index (κ3) is 2.83. The fourth-order valence-electron chi connectivity index (χ4n) is 2.45. The number of thiophene rings is 1. The van der Waals surface area contributed by atoms with Crippen molar-refractivity contribution in [1.82, 2.24) is 19.7 Å². The molecule has 126 valence electrons. The lowest BCUT2D eigenvalue weighted by Crippen LogP contribution is -2.20. The summed E-state index contributed by atoms with van der Waals surface area (Å²) in [6, 6.07) is 6.31. The van der Waals surface area contributed by atoms with E-state index in [1.807, 2.05) is 5.38 Å². The van der Waals surface area contributed by atoms with Gasteiger partial charge in [0, 0.05) is 6.54 Å². The maximum atomic E-state index is 14.1. The largest absolute Gasteiger partial charge is 0.337 e. The molecule has 7 nitrogen and oxygen atoms in total. The number of benzene rings is 1. The molecular weight excluding hydrogens is 345 g/mol. The number of nitrogens with zero attached hydrogens (tertiary/aromatic N) is 4. The molecule has 0 aliphatic rings. The van der Waals surface area contributed by atoms with Crippen molar-refractivity contribution in [3.8, 4) is 11.4 Å². The Labute approximate surface area is 144 Å². The van der Waals surface area contributed by atoms with Crippen LogP contribution in [0.4, 0.5) is 4.39 Å². The van der Waals surface area contributed by atoms with Crippen LogP contribution in [0.25, 0.3) is 21.6 Å². The molecular formula is C16H12FN5O2S. The molecule has 0 atom stereocenters. The first-order chi connectivity index (χ1) is 12.2. The van der Waals surface area contributed by atoms with Gasteiger partial charge in [0.1, 0.15) is 17.2 Å². The van der Waals surface area contributed by atoms with Crippen LogP contribution in [0.5, 0.6) is 0 Å². The summed E-state index contributed by atoms with van der Waals surface area (Å²) in [6.07, 6.45) is 1.43. The third-order valence-corrected chi connectivity index (χ3v) is 4.55. The Hall–Kier alpha value is -2.91. The lowest BCUT2D eigenvalue weighted by atomic mass is 10.1. The summed E-state index contributed by atoms with van der Waals surface area (Å²) >= 11 is 1.40. The average Bonchev–Trinajstić information content (AvgIpc) is 3.27. The molecule has 0 unspecified atom stereocenters. The first kappa shape index (κ1) is 15.6. The molecule has 0 aliphatic carbocycles. The van der Waals surface area contributed by atoms with Gasteiger partial charge in [-0.3, -0.25) is 9.36 Å². The molecule has 0 amide bonds.